The number of hydrogen-bond donors (Lipinski definition) is 1. The maximum absolute atomic E-state index is 5.53. The van der Waals surface area contributed by atoms with Gasteiger partial charge in [0.15, 0.2) is 0 Å². The predicted octanol–water partition coefficient (Wildman–Crippen LogP) is 4.88. The van der Waals surface area contributed by atoms with E-state index in [9.17, 15) is 0 Å². The fraction of sp³-hybridized carbons (Fsp3) is 0.333. The summed E-state index contributed by atoms with van der Waals surface area (Å²) in [5.74, 6) is 0.908. The van der Waals surface area contributed by atoms with Crippen molar-refractivity contribution in [2.45, 2.75) is 33.7 Å². The van der Waals surface area contributed by atoms with Gasteiger partial charge in [-0.15, -0.1) is 0 Å². The summed E-state index contributed by atoms with van der Waals surface area (Å²) < 4.78 is 5.53. The highest BCUT2D eigenvalue weighted by Crippen LogP contribution is 2.25. The van der Waals surface area contributed by atoms with Crippen molar-refractivity contribution in [1.82, 2.24) is 0 Å². The third kappa shape index (κ3) is 3.53. The van der Waals surface area contributed by atoms with Gasteiger partial charge >= 0.3 is 0 Å². The molecule has 0 aliphatic rings. The molecule has 0 saturated carbocycles. The van der Waals surface area contributed by atoms with Crippen LogP contribution in [-0.2, 0) is 0 Å². The summed E-state index contributed by atoms with van der Waals surface area (Å²) in [6.45, 7) is 9.16. The molecule has 0 radical (unpaired) electrons. The van der Waals surface area contributed by atoms with Crippen LogP contribution in [0.1, 0.15) is 36.6 Å². The first kappa shape index (κ1) is 14.4. The van der Waals surface area contributed by atoms with Crippen LogP contribution in [0.5, 0.6) is 5.75 Å². The lowest BCUT2D eigenvalue weighted by molar-refractivity contribution is 0.340. The summed E-state index contributed by atoms with van der Waals surface area (Å²) in [6, 6.07) is 15.0. The number of ether oxygens (including phenoxy) is 1. The van der Waals surface area contributed by atoms with Crippen LogP contribution in [0, 0.1) is 13.8 Å². The summed E-state index contributed by atoms with van der Waals surface area (Å²) in [5, 5.41) is 3.54. The molecule has 106 valence electrons. The lowest BCUT2D eigenvalue weighted by atomic mass is 10.00. The van der Waals surface area contributed by atoms with Gasteiger partial charge in [-0.3, -0.25) is 0 Å². The molecule has 0 aromatic heterocycles. The Balaban J connectivity index is 2.14. The van der Waals surface area contributed by atoms with E-state index in [1.165, 1.54) is 16.7 Å². The smallest absolute Gasteiger partial charge is 0.121 e. The van der Waals surface area contributed by atoms with Gasteiger partial charge in [-0.05, 0) is 51.0 Å². The summed E-state index contributed by atoms with van der Waals surface area (Å²) in [6.07, 6.45) is 0. The second-order valence-electron chi connectivity index (χ2n) is 5.19. The Bertz CT molecular complexity index is 577. The molecule has 1 N–H and O–H groups in total. The Morgan fingerprint density at radius 1 is 1.10 bits per heavy atom. The van der Waals surface area contributed by atoms with Gasteiger partial charge in [-0.1, -0.05) is 29.8 Å². The number of anilines is 1. The molecule has 0 aliphatic carbocycles. The van der Waals surface area contributed by atoms with Crippen molar-refractivity contribution in [3.63, 3.8) is 0 Å². The molecule has 0 fully saturated rings. The monoisotopic (exact) mass is 269 g/mol. The standard InChI is InChI=1S/C18H23NO/c1-5-20-17-8-6-7-16(12-17)19-15(4)18-10-9-13(2)11-14(18)3/h6-12,15,19H,5H2,1-4H3. The molecule has 0 spiro atoms. The van der Waals surface area contributed by atoms with Crippen molar-refractivity contribution < 1.29 is 4.74 Å². The quantitative estimate of drug-likeness (QED) is 0.835. The number of benzene rings is 2. The molecular weight excluding hydrogens is 246 g/mol. The van der Waals surface area contributed by atoms with Crippen LogP contribution in [-0.4, -0.2) is 6.61 Å². The van der Waals surface area contributed by atoms with Crippen molar-refractivity contribution >= 4 is 5.69 Å². The maximum Gasteiger partial charge on any atom is 0.121 e. The largest absolute Gasteiger partial charge is 0.494 e. The van der Waals surface area contributed by atoms with Gasteiger partial charge in [0.25, 0.3) is 0 Å². The molecule has 2 rings (SSSR count). The minimum Gasteiger partial charge on any atom is -0.494 e. The van der Waals surface area contributed by atoms with Crippen molar-refractivity contribution in [3.8, 4) is 5.75 Å². The minimum absolute atomic E-state index is 0.271. The van der Waals surface area contributed by atoms with Gasteiger partial charge in [0.1, 0.15) is 5.75 Å². The Morgan fingerprint density at radius 2 is 1.90 bits per heavy atom. The van der Waals surface area contributed by atoms with Crippen LogP contribution in [0.3, 0.4) is 0 Å². The summed E-state index contributed by atoms with van der Waals surface area (Å²) in [4.78, 5) is 0. The Labute approximate surface area is 121 Å². The fourth-order valence-electron chi connectivity index (χ4n) is 2.48. The minimum atomic E-state index is 0.271. The van der Waals surface area contributed by atoms with Gasteiger partial charge in [-0.2, -0.15) is 0 Å². The summed E-state index contributed by atoms with van der Waals surface area (Å²) in [5.41, 5.74) is 5.04. The molecule has 2 aromatic rings. The zero-order valence-corrected chi connectivity index (χ0v) is 12.7. The van der Waals surface area contributed by atoms with E-state index >= 15 is 0 Å². The fourth-order valence-corrected chi connectivity index (χ4v) is 2.48. The first-order valence-corrected chi connectivity index (χ1v) is 7.16. The van der Waals surface area contributed by atoms with E-state index in [0.717, 1.165) is 11.4 Å². The Hall–Kier alpha value is -1.96. The van der Waals surface area contributed by atoms with E-state index in [2.05, 4.69) is 50.4 Å². The normalized spacial score (nSPS) is 12.0. The molecule has 1 atom stereocenters. The molecule has 0 saturated heterocycles. The second kappa shape index (κ2) is 6.47. The van der Waals surface area contributed by atoms with Crippen LogP contribution in [0.15, 0.2) is 42.5 Å². The predicted molar refractivity (Wildman–Crippen MR) is 85.6 cm³/mol. The van der Waals surface area contributed by atoms with Crippen molar-refractivity contribution in [2.75, 3.05) is 11.9 Å². The van der Waals surface area contributed by atoms with Crippen LogP contribution >= 0.6 is 0 Å². The van der Waals surface area contributed by atoms with Crippen molar-refractivity contribution in [1.29, 1.82) is 0 Å². The Morgan fingerprint density at radius 3 is 2.60 bits per heavy atom. The number of aryl methyl sites for hydroxylation is 2. The van der Waals surface area contributed by atoms with Crippen molar-refractivity contribution in [3.05, 3.63) is 59.2 Å². The molecule has 1 unspecified atom stereocenters. The SMILES string of the molecule is CCOc1cccc(NC(C)c2ccc(C)cc2C)c1. The molecule has 0 bridgehead atoms. The zero-order valence-electron chi connectivity index (χ0n) is 12.7. The van der Waals surface area contributed by atoms with E-state index in [1.54, 1.807) is 0 Å². The van der Waals surface area contributed by atoms with E-state index in [-0.39, 0.29) is 6.04 Å². The number of hydrogen-bond acceptors (Lipinski definition) is 2. The van der Waals surface area contributed by atoms with Crippen LogP contribution in [0.2, 0.25) is 0 Å². The molecule has 2 heteroatoms. The summed E-state index contributed by atoms with van der Waals surface area (Å²) in [7, 11) is 0. The van der Waals surface area contributed by atoms with E-state index in [4.69, 9.17) is 4.74 Å². The van der Waals surface area contributed by atoms with Crippen LogP contribution in [0.25, 0.3) is 0 Å². The molecule has 0 aliphatic heterocycles. The average Bonchev–Trinajstić information content (AvgIpc) is 2.39. The number of rotatable bonds is 5. The molecular formula is C18H23NO. The highest BCUT2D eigenvalue weighted by molar-refractivity contribution is 5.50. The summed E-state index contributed by atoms with van der Waals surface area (Å²) >= 11 is 0. The van der Waals surface area contributed by atoms with E-state index in [1.807, 2.05) is 25.1 Å². The molecule has 0 amide bonds. The Kier molecular flexibility index (Phi) is 4.67. The molecule has 2 aromatic carbocycles. The van der Waals surface area contributed by atoms with Gasteiger partial charge in [-0.25, -0.2) is 0 Å². The lowest BCUT2D eigenvalue weighted by Gasteiger charge is -2.19. The average molecular weight is 269 g/mol. The molecule has 20 heavy (non-hydrogen) atoms. The molecule has 0 heterocycles. The maximum atomic E-state index is 5.53. The third-order valence-corrected chi connectivity index (χ3v) is 3.42. The highest BCUT2D eigenvalue weighted by Gasteiger charge is 2.08. The zero-order chi connectivity index (χ0) is 14.5. The third-order valence-electron chi connectivity index (χ3n) is 3.42. The van der Waals surface area contributed by atoms with Crippen LogP contribution < -0.4 is 10.1 Å². The topological polar surface area (TPSA) is 21.3 Å². The van der Waals surface area contributed by atoms with Gasteiger partial charge < -0.3 is 10.1 Å². The van der Waals surface area contributed by atoms with Gasteiger partial charge in [0, 0.05) is 17.8 Å². The van der Waals surface area contributed by atoms with Crippen molar-refractivity contribution in [2.24, 2.45) is 0 Å². The highest BCUT2D eigenvalue weighted by atomic mass is 16.5. The van der Waals surface area contributed by atoms with Crippen LogP contribution in [0.4, 0.5) is 5.69 Å². The number of nitrogens with one attached hydrogen (secondary N) is 1. The first-order chi connectivity index (χ1) is 9.60. The van der Waals surface area contributed by atoms with Gasteiger partial charge in [0.2, 0.25) is 0 Å². The van der Waals surface area contributed by atoms with E-state index in [0.29, 0.717) is 6.61 Å². The lowest BCUT2D eigenvalue weighted by Crippen LogP contribution is -2.08. The van der Waals surface area contributed by atoms with E-state index < -0.39 is 0 Å². The van der Waals surface area contributed by atoms with Gasteiger partial charge in [0.05, 0.1) is 6.61 Å². The second-order valence-corrected chi connectivity index (χ2v) is 5.19. The first-order valence-electron chi connectivity index (χ1n) is 7.16. The molecule has 2 nitrogen and oxygen atoms in total.